The van der Waals surface area contributed by atoms with Crippen LogP contribution in [0.15, 0.2) is 12.1 Å². The van der Waals surface area contributed by atoms with Gasteiger partial charge in [-0.3, -0.25) is 0 Å². The van der Waals surface area contributed by atoms with Gasteiger partial charge in [0.05, 0.1) is 18.5 Å². The van der Waals surface area contributed by atoms with E-state index >= 15 is 0 Å². The van der Waals surface area contributed by atoms with Crippen molar-refractivity contribution in [1.82, 2.24) is 4.98 Å². The van der Waals surface area contributed by atoms with Gasteiger partial charge >= 0.3 is 5.97 Å². The predicted octanol–water partition coefficient (Wildman–Crippen LogP) is 0.759. The number of nitrogens with two attached hydrogens (primary N) is 1. The number of aryl methyl sites for hydroxylation is 1. The first-order valence-electron chi connectivity index (χ1n) is 3.46. The van der Waals surface area contributed by atoms with Gasteiger partial charge in [-0.1, -0.05) is 0 Å². The number of nitrogen functional groups attached to an aromatic ring is 1. The van der Waals surface area contributed by atoms with Crippen LogP contribution in [0.4, 0.5) is 5.69 Å². The molecule has 4 nitrogen and oxygen atoms in total. The van der Waals surface area contributed by atoms with Crippen molar-refractivity contribution in [2.24, 2.45) is 0 Å². The maximum absolute atomic E-state index is 11.0. The number of nitrogens with zero attached hydrogens (tertiary/aromatic N) is 1. The average Bonchev–Trinajstić information content (AvgIpc) is 2.08. The highest BCUT2D eigenvalue weighted by molar-refractivity contribution is 5.87. The Morgan fingerprint density at radius 2 is 2.25 bits per heavy atom. The normalized spacial score (nSPS) is 9.50. The molecule has 1 aromatic heterocycles. The Labute approximate surface area is 70.4 Å². The minimum Gasteiger partial charge on any atom is -0.464 e. The summed E-state index contributed by atoms with van der Waals surface area (Å²) in [6.07, 6.45) is 0. The number of hydrogen-bond donors (Lipinski definition) is 1. The van der Waals surface area contributed by atoms with Crippen LogP contribution in [0.5, 0.6) is 0 Å². The molecule has 0 bridgehead atoms. The molecule has 0 aliphatic carbocycles. The van der Waals surface area contributed by atoms with Gasteiger partial charge in [0.15, 0.2) is 0 Å². The van der Waals surface area contributed by atoms with E-state index in [1.807, 2.05) is 0 Å². The number of pyridine rings is 1. The van der Waals surface area contributed by atoms with Gasteiger partial charge in [0.1, 0.15) is 5.69 Å². The van der Waals surface area contributed by atoms with E-state index < -0.39 is 5.97 Å². The van der Waals surface area contributed by atoms with E-state index in [0.717, 1.165) is 0 Å². The van der Waals surface area contributed by atoms with E-state index in [0.29, 0.717) is 11.4 Å². The summed E-state index contributed by atoms with van der Waals surface area (Å²) >= 11 is 0. The number of aromatic nitrogens is 1. The van der Waals surface area contributed by atoms with Gasteiger partial charge in [0, 0.05) is 0 Å². The van der Waals surface area contributed by atoms with Gasteiger partial charge in [-0.15, -0.1) is 0 Å². The van der Waals surface area contributed by atoms with Gasteiger partial charge in [-0.2, -0.15) is 0 Å². The number of rotatable bonds is 1. The molecule has 0 saturated carbocycles. The number of methoxy groups -OCH3 is 1. The number of carbonyl (C=O) groups is 1. The van der Waals surface area contributed by atoms with Crippen LogP contribution in [0.3, 0.4) is 0 Å². The standard InChI is InChI=1S/C8H10N2O2/c1-5-6(9)3-4-7(10-5)8(11)12-2/h3-4H,9H2,1-2H3. The third-order valence-electron chi connectivity index (χ3n) is 1.52. The number of hydrogen-bond acceptors (Lipinski definition) is 4. The molecule has 0 saturated heterocycles. The van der Waals surface area contributed by atoms with E-state index in [9.17, 15) is 4.79 Å². The molecule has 0 aromatic carbocycles. The van der Waals surface area contributed by atoms with Crippen LogP contribution in [-0.4, -0.2) is 18.1 Å². The summed E-state index contributed by atoms with van der Waals surface area (Å²) < 4.78 is 4.49. The first kappa shape index (κ1) is 8.52. The minimum absolute atomic E-state index is 0.282. The van der Waals surface area contributed by atoms with Crippen LogP contribution in [0.25, 0.3) is 0 Å². The molecule has 0 atom stereocenters. The number of anilines is 1. The number of esters is 1. The molecule has 0 spiro atoms. The maximum atomic E-state index is 11.0. The van der Waals surface area contributed by atoms with Crippen molar-refractivity contribution < 1.29 is 9.53 Å². The lowest BCUT2D eigenvalue weighted by molar-refractivity contribution is 0.0594. The molecule has 12 heavy (non-hydrogen) atoms. The van der Waals surface area contributed by atoms with Crippen molar-refractivity contribution in [3.8, 4) is 0 Å². The molecule has 0 unspecified atom stereocenters. The second kappa shape index (κ2) is 3.21. The second-order valence-corrected chi connectivity index (χ2v) is 2.36. The average molecular weight is 166 g/mol. The van der Waals surface area contributed by atoms with Gasteiger partial charge in [-0.25, -0.2) is 9.78 Å². The van der Waals surface area contributed by atoms with Gasteiger partial charge in [0.2, 0.25) is 0 Å². The molecule has 0 aliphatic rings. The van der Waals surface area contributed by atoms with Crippen LogP contribution >= 0.6 is 0 Å². The number of carbonyl (C=O) groups excluding carboxylic acids is 1. The SMILES string of the molecule is COC(=O)c1ccc(N)c(C)n1. The van der Waals surface area contributed by atoms with Crippen molar-refractivity contribution in [1.29, 1.82) is 0 Å². The van der Waals surface area contributed by atoms with Crippen molar-refractivity contribution in [3.63, 3.8) is 0 Å². The molecular formula is C8H10N2O2. The first-order chi connectivity index (χ1) is 5.65. The maximum Gasteiger partial charge on any atom is 0.356 e. The number of ether oxygens (including phenoxy) is 1. The van der Waals surface area contributed by atoms with Crippen LogP contribution in [-0.2, 0) is 4.74 Å². The van der Waals surface area contributed by atoms with Gasteiger partial charge in [0.25, 0.3) is 0 Å². The quantitative estimate of drug-likeness (QED) is 0.625. The van der Waals surface area contributed by atoms with Crippen LogP contribution in [0.2, 0.25) is 0 Å². The van der Waals surface area contributed by atoms with Crippen LogP contribution < -0.4 is 5.73 Å². The van der Waals surface area contributed by atoms with Crippen LogP contribution in [0.1, 0.15) is 16.2 Å². The van der Waals surface area contributed by atoms with Gasteiger partial charge in [-0.05, 0) is 19.1 Å². The molecule has 2 N–H and O–H groups in total. The van der Waals surface area contributed by atoms with E-state index in [4.69, 9.17) is 5.73 Å². The zero-order valence-corrected chi connectivity index (χ0v) is 7.00. The lowest BCUT2D eigenvalue weighted by Crippen LogP contribution is -2.06. The summed E-state index contributed by atoms with van der Waals surface area (Å²) in [6, 6.07) is 3.17. The summed E-state index contributed by atoms with van der Waals surface area (Å²) in [7, 11) is 1.32. The van der Waals surface area contributed by atoms with Crippen molar-refractivity contribution in [2.75, 3.05) is 12.8 Å². The summed E-state index contributed by atoms with van der Waals surface area (Å²) in [5.74, 6) is -0.446. The summed E-state index contributed by atoms with van der Waals surface area (Å²) in [5.41, 5.74) is 7.01. The fraction of sp³-hybridized carbons (Fsp3) is 0.250. The molecule has 1 aromatic rings. The Morgan fingerprint density at radius 3 is 2.75 bits per heavy atom. The monoisotopic (exact) mass is 166 g/mol. The lowest BCUT2D eigenvalue weighted by Gasteiger charge is -2.01. The fourth-order valence-corrected chi connectivity index (χ4v) is 0.790. The Kier molecular flexibility index (Phi) is 2.28. The molecule has 1 heterocycles. The Bertz CT molecular complexity index is 310. The van der Waals surface area contributed by atoms with E-state index in [2.05, 4.69) is 9.72 Å². The summed E-state index contributed by atoms with van der Waals surface area (Å²) in [4.78, 5) is 14.9. The Hall–Kier alpha value is -1.58. The molecule has 4 heteroatoms. The zero-order chi connectivity index (χ0) is 9.14. The fourth-order valence-electron chi connectivity index (χ4n) is 0.790. The van der Waals surface area contributed by atoms with Crippen molar-refractivity contribution in [3.05, 3.63) is 23.5 Å². The third kappa shape index (κ3) is 1.53. The Morgan fingerprint density at radius 1 is 1.58 bits per heavy atom. The van der Waals surface area contributed by atoms with Crippen molar-refractivity contribution in [2.45, 2.75) is 6.92 Å². The molecule has 1 rings (SSSR count). The molecule has 0 radical (unpaired) electrons. The smallest absolute Gasteiger partial charge is 0.356 e. The lowest BCUT2D eigenvalue weighted by atomic mass is 10.3. The minimum atomic E-state index is -0.446. The van der Waals surface area contributed by atoms with E-state index in [1.54, 1.807) is 13.0 Å². The highest BCUT2D eigenvalue weighted by Gasteiger charge is 2.07. The molecular weight excluding hydrogens is 156 g/mol. The zero-order valence-electron chi connectivity index (χ0n) is 7.00. The summed E-state index contributed by atoms with van der Waals surface area (Å²) in [6.45, 7) is 1.74. The molecule has 0 amide bonds. The van der Waals surface area contributed by atoms with Crippen molar-refractivity contribution >= 4 is 11.7 Å². The second-order valence-electron chi connectivity index (χ2n) is 2.36. The Balaban J connectivity index is 3.05. The summed E-state index contributed by atoms with van der Waals surface area (Å²) in [5, 5.41) is 0. The highest BCUT2D eigenvalue weighted by atomic mass is 16.5. The molecule has 0 aliphatic heterocycles. The predicted molar refractivity (Wildman–Crippen MR) is 44.7 cm³/mol. The topological polar surface area (TPSA) is 65.2 Å². The molecule has 64 valence electrons. The van der Waals surface area contributed by atoms with Crippen LogP contribution in [0, 0.1) is 6.92 Å². The van der Waals surface area contributed by atoms with E-state index in [-0.39, 0.29) is 5.69 Å². The van der Waals surface area contributed by atoms with Gasteiger partial charge < -0.3 is 10.5 Å². The third-order valence-corrected chi connectivity index (χ3v) is 1.52. The largest absolute Gasteiger partial charge is 0.464 e. The first-order valence-corrected chi connectivity index (χ1v) is 3.46. The molecule has 0 fully saturated rings. The van der Waals surface area contributed by atoms with E-state index in [1.165, 1.54) is 13.2 Å². The highest BCUT2D eigenvalue weighted by Crippen LogP contribution is 2.08.